The van der Waals surface area contributed by atoms with Gasteiger partial charge in [-0.25, -0.2) is 4.39 Å². The average molecular weight is 198 g/mol. The van der Waals surface area contributed by atoms with Crippen LogP contribution in [0.5, 0.6) is 0 Å². The van der Waals surface area contributed by atoms with Crippen LogP contribution < -0.4 is 0 Å². The van der Waals surface area contributed by atoms with Crippen molar-refractivity contribution in [3.05, 3.63) is 35.1 Å². The fraction of sp³-hybridized carbons (Fsp3) is 0.300. The molecule has 1 rings (SSSR count). The second kappa shape index (κ2) is 4.83. The molecular formula is C10H11FO3. The van der Waals surface area contributed by atoms with E-state index in [9.17, 15) is 9.18 Å². The van der Waals surface area contributed by atoms with Crippen LogP contribution in [0.2, 0.25) is 0 Å². The van der Waals surface area contributed by atoms with Gasteiger partial charge in [0.05, 0.1) is 0 Å². The van der Waals surface area contributed by atoms with Crippen molar-refractivity contribution >= 4 is 6.29 Å². The Balaban J connectivity index is 3.12. The van der Waals surface area contributed by atoms with Gasteiger partial charge in [-0.15, -0.1) is 0 Å². The van der Waals surface area contributed by atoms with E-state index in [-0.39, 0.29) is 5.56 Å². The second-order valence-electron chi connectivity index (χ2n) is 2.69. The molecule has 1 aromatic rings. The van der Waals surface area contributed by atoms with Gasteiger partial charge in [-0.05, 0) is 12.1 Å². The summed E-state index contributed by atoms with van der Waals surface area (Å²) in [6.45, 7) is 0. The van der Waals surface area contributed by atoms with Crippen LogP contribution in [-0.2, 0) is 9.47 Å². The highest BCUT2D eigenvalue weighted by Crippen LogP contribution is 2.21. The van der Waals surface area contributed by atoms with Crippen molar-refractivity contribution in [2.24, 2.45) is 0 Å². The molecule has 0 unspecified atom stereocenters. The number of hydrogen-bond acceptors (Lipinski definition) is 3. The van der Waals surface area contributed by atoms with E-state index >= 15 is 0 Å². The molecule has 0 amide bonds. The van der Waals surface area contributed by atoms with Crippen LogP contribution in [0.4, 0.5) is 4.39 Å². The molecule has 0 spiro atoms. The number of rotatable bonds is 4. The second-order valence-corrected chi connectivity index (χ2v) is 2.69. The Morgan fingerprint density at radius 2 is 2.00 bits per heavy atom. The summed E-state index contributed by atoms with van der Waals surface area (Å²) in [5, 5.41) is 0. The molecule has 0 fully saturated rings. The predicted octanol–water partition coefficient (Wildman–Crippen LogP) is 1.93. The number of ether oxygens (including phenoxy) is 2. The Labute approximate surface area is 81.4 Å². The minimum atomic E-state index is -0.643. The van der Waals surface area contributed by atoms with Crippen molar-refractivity contribution in [2.75, 3.05) is 14.2 Å². The molecule has 3 nitrogen and oxygen atoms in total. The molecule has 0 aliphatic carbocycles. The zero-order valence-electron chi connectivity index (χ0n) is 7.99. The third kappa shape index (κ3) is 2.16. The van der Waals surface area contributed by atoms with E-state index in [4.69, 9.17) is 9.47 Å². The number of carbonyl (C=O) groups excluding carboxylic acids is 1. The van der Waals surface area contributed by atoms with Crippen molar-refractivity contribution in [3.63, 3.8) is 0 Å². The summed E-state index contributed by atoms with van der Waals surface area (Å²) in [4.78, 5) is 10.6. The summed E-state index contributed by atoms with van der Waals surface area (Å²) in [6.07, 6.45) is -0.0699. The minimum absolute atomic E-state index is 0.235. The Bertz CT molecular complexity index is 321. The maximum Gasteiger partial charge on any atom is 0.183 e. The summed E-state index contributed by atoms with van der Waals surface area (Å²) in [6, 6.07) is 3.87. The number of benzene rings is 1. The highest BCUT2D eigenvalue weighted by molar-refractivity contribution is 5.77. The quantitative estimate of drug-likeness (QED) is 0.547. The summed E-state index contributed by atoms with van der Waals surface area (Å²) >= 11 is 0. The molecule has 0 radical (unpaired) electrons. The third-order valence-electron chi connectivity index (χ3n) is 1.86. The van der Waals surface area contributed by atoms with Gasteiger partial charge >= 0.3 is 0 Å². The number of halogens is 1. The molecule has 0 atom stereocenters. The molecule has 0 saturated carbocycles. The van der Waals surface area contributed by atoms with Gasteiger partial charge in [0.15, 0.2) is 12.6 Å². The Morgan fingerprint density at radius 3 is 2.50 bits per heavy atom. The van der Waals surface area contributed by atoms with Crippen molar-refractivity contribution in [1.82, 2.24) is 0 Å². The first kappa shape index (κ1) is 10.8. The Morgan fingerprint density at radius 1 is 1.36 bits per heavy atom. The monoisotopic (exact) mass is 198 g/mol. The van der Waals surface area contributed by atoms with Crippen LogP contribution in [0.3, 0.4) is 0 Å². The highest BCUT2D eigenvalue weighted by atomic mass is 19.1. The van der Waals surface area contributed by atoms with Gasteiger partial charge in [-0.2, -0.15) is 0 Å². The molecule has 0 heterocycles. The maximum atomic E-state index is 12.8. The van der Waals surface area contributed by atoms with Crippen molar-refractivity contribution in [2.45, 2.75) is 6.29 Å². The summed E-state index contributed by atoms with van der Waals surface area (Å²) in [5.74, 6) is -0.457. The third-order valence-corrected chi connectivity index (χ3v) is 1.86. The summed E-state index contributed by atoms with van der Waals surface area (Å²) in [7, 11) is 2.90. The standard InChI is InChI=1S/C10H11FO3/c1-13-10(14-2)9-4-3-8(11)5-7(9)6-12/h3-6,10H,1-2H3. The molecule has 1 aromatic carbocycles. The topological polar surface area (TPSA) is 35.5 Å². The first-order valence-corrected chi connectivity index (χ1v) is 4.03. The van der Waals surface area contributed by atoms with E-state index in [0.717, 1.165) is 6.07 Å². The molecule has 76 valence electrons. The molecule has 14 heavy (non-hydrogen) atoms. The summed E-state index contributed by atoms with van der Waals surface area (Å²) in [5.41, 5.74) is 0.755. The fourth-order valence-electron chi connectivity index (χ4n) is 1.21. The Kier molecular flexibility index (Phi) is 3.73. The smallest absolute Gasteiger partial charge is 0.183 e. The zero-order chi connectivity index (χ0) is 10.6. The van der Waals surface area contributed by atoms with Gasteiger partial charge in [-0.3, -0.25) is 4.79 Å². The lowest BCUT2D eigenvalue weighted by atomic mass is 10.1. The van der Waals surface area contributed by atoms with Crippen molar-refractivity contribution in [3.8, 4) is 0 Å². The van der Waals surface area contributed by atoms with Crippen LogP contribution in [0.1, 0.15) is 22.2 Å². The largest absolute Gasteiger partial charge is 0.352 e. The Hall–Kier alpha value is -1.26. The van der Waals surface area contributed by atoms with Crippen LogP contribution in [-0.4, -0.2) is 20.5 Å². The lowest BCUT2D eigenvalue weighted by Gasteiger charge is -2.15. The predicted molar refractivity (Wildman–Crippen MR) is 48.5 cm³/mol. The van der Waals surface area contributed by atoms with E-state index in [2.05, 4.69) is 0 Å². The average Bonchev–Trinajstić information content (AvgIpc) is 2.21. The number of aldehydes is 1. The highest BCUT2D eigenvalue weighted by Gasteiger charge is 2.13. The minimum Gasteiger partial charge on any atom is -0.352 e. The van der Waals surface area contributed by atoms with Gasteiger partial charge in [0.2, 0.25) is 0 Å². The lowest BCUT2D eigenvalue weighted by Crippen LogP contribution is -2.07. The van der Waals surface area contributed by atoms with Crippen LogP contribution >= 0.6 is 0 Å². The van der Waals surface area contributed by atoms with E-state index in [0.29, 0.717) is 11.8 Å². The van der Waals surface area contributed by atoms with Crippen molar-refractivity contribution in [1.29, 1.82) is 0 Å². The van der Waals surface area contributed by atoms with Gasteiger partial charge in [0.1, 0.15) is 5.82 Å². The maximum absolute atomic E-state index is 12.8. The van der Waals surface area contributed by atoms with Gasteiger partial charge < -0.3 is 9.47 Å². The van der Waals surface area contributed by atoms with Crippen LogP contribution in [0.25, 0.3) is 0 Å². The molecule has 0 aliphatic heterocycles. The fourth-order valence-corrected chi connectivity index (χ4v) is 1.21. The first-order chi connectivity index (χ1) is 6.72. The van der Waals surface area contributed by atoms with Crippen LogP contribution in [0.15, 0.2) is 18.2 Å². The van der Waals surface area contributed by atoms with E-state index in [1.54, 1.807) is 0 Å². The molecule has 4 heteroatoms. The molecule has 0 aliphatic rings. The zero-order valence-corrected chi connectivity index (χ0v) is 7.99. The van der Waals surface area contributed by atoms with Gasteiger partial charge in [-0.1, -0.05) is 6.07 Å². The first-order valence-electron chi connectivity index (χ1n) is 4.03. The lowest BCUT2D eigenvalue weighted by molar-refractivity contribution is -0.106. The molecule has 0 aromatic heterocycles. The summed E-state index contributed by atoms with van der Waals surface area (Å²) < 4.78 is 22.7. The normalized spacial score (nSPS) is 10.6. The van der Waals surface area contributed by atoms with E-state index in [1.807, 2.05) is 0 Å². The number of carbonyl (C=O) groups is 1. The van der Waals surface area contributed by atoms with Gasteiger partial charge in [0.25, 0.3) is 0 Å². The molecule has 0 bridgehead atoms. The molecular weight excluding hydrogens is 187 g/mol. The SMILES string of the molecule is COC(OC)c1ccc(F)cc1C=O. The van der Waals surface area contributed by atoms with Crippen LogP contribution in [0, 0.1) is 5.82 Å². The molecule has 0 saturated heterocycles. The van der Waals surface area contributed by atoms with Gasteiger partial charge in [0, 0.05) is 25.3 Å². The molecule has 0 N–H and O–H groups in total. The number of methoxy groups -OCH3 is 2. The van der Waals surface area contributed by atoms with Crippen molar-refractivity contribution < 1.29 is 18.7 Å². The number of hydrogen-bond donors (Lipinski definition) is 0. The van der Waals surface area contributed by atoms with E-state index in [1.165, 1.54) is 26.4 Å². The van der Waals surface area contributed by atoms with E-state index < -0.39 is 12.1 Å².